The summed E-state index contributed by atoms with van der Waals surface area (Å²) >= 11 is 0. The third-order valence-electron chi connectivity index (χ3n) is 4.49. The summed E-state index contributed by atoms with van der Waals surface area (Å²) in [6.45, 7) is 3.39. The van der Waals surface area contributed by atoms with Gasteiger partial charge in [0.05, 0.1) is 11.1 Å². The number of carboxylic acid groups (broad SMARTS) is 1. The number of hydrogen-bond acceptors (Lipinski definition) is 3. The second-order valence-electron chi connectivity index (χ2n) is 6.50. The number of nitrogens with zero attached hydrogens (tertiary/aromatic N) is 2. The highest BCUT2D eigenvalue weighted by molar-refractivity contribution is 5.79. The molecule has 1 atom stereocenters. The molecule has 1 heterocycles. The number of halogens is 1. The second-order valence-corrected chi connectivity index (χ2v) is 6.50. The van der Waals surface area contributed by atoms with Crippen molar-refractivity contribution in [3.05, 3.63) is 30.1 Å². The van der Waals surface area contributed by atoms with Crippen LogP contribution in [0, 0.1) is 11.2 Å². The van der Waals surface area contributed by atoms with E-state index in [-0.39, 0.29) is 18.4 Å². The van der Waals surface area contributed by atoms with E-state index >= 15 is 0 Å². The first-order chi connectivity index (χ1) is 11.3. The van der Waals surface area contributed by atoms with Crippen LogP contribution in [-0.4, -0.2) is 55.2 Å². The molecule has 1 fully saturated rings. The van der Waals surface area contributed by atoms with Gasteiger partial charge in [-0.2, -0.15) is 0 Å². The highest BCUT2D eigenvalue weighted by atomic mass is 19.1. The largest absolute Gasteiger partial charge is 0.481 e. The monoisotopic (exact) mass is 337 g/mol. The molecule has 6 nitrogen and oxygen atoms in total. The van der Waals surface area contributed by atoms with Gasteiger partial charge < -0.3 is 20.2 Å². The molecule has 2 N–H and O–H groups in total. The number of likely N-dealkylation sites (tertiary alicyclic amines) is 1. The van der Waals surface area contributed by atoms with Crippen molar-refractivity contribution < 1.29 is 19.1 Å². The molecular formula is C17H24FN3O3. The molecular weight excluding hydrogens is 313 g/mol. The smallest absolute Gasteiger partial charge is 0.317 e. The number of nitrogens with one attached hydrogen (secondary N) is 1. The van der Waals surface area contributed by atoms with E-state index in [0.29, 0.717) is 38.2 Å². The maximum atomic E-state index is 13.7. The molecule has 1 saturated heterocycles. The zero-order valence-corrected chi connectivity index (χ0v) is 14.1. The van der Waals surface area contributed by atoms with Gasteiger partial charge in [-0.1, -0.05) is 12.1 Å². The Morgan fingerprint density at radius 3 is 2.75 bits per heavy atom. The second kappa shape index (κ2) is 7.51. The molecule has 0 aromatic heterocycles. The number of hydrogen-bond donors (Lipinski definition) is 2. The number of benzene rings is 1. The SMILES string of the molecule is CN(CCCNC(=O)N1CCC(C)(C(=O)O)C1)c1ccccc1F. The third-order valence-corrected chi connectivity index (χ3v) is 4.49. The van der Waals surface area contributed by atoms with Gasteiger partial charge in [-0.05, 0) is 31.9 Å². The van der Waals surface area contributed by atoms with Gasteiger partial charge in [-0.15, -0.1) is 0 Å². The summed E-state index contributed by atoms with van der Waals surface area (Å²) in [4.78, 5) is 26.6. The van der Waals surface area contributed by atoms with Crippen LogP contribution in [0.2, 0.25) is 0 Å². The molecule has 1 aromatic rings. The molecule has 24 heavy (non-hydrogen) atoms. The van der Waals surface area contributed by atoms with Crippen LogP contribution in [0.4, 0.5) is 14.9 Å². The molecule has 1 aromatic carbocycles. The Hall–Kier alpha value is -2.31. The first-order valence-electron chi connectivity index (χ1n) is 8.05. The van der Waals surface area contributed by atoms with E-state index < -0.39 is 11.4 Å². The van der Waals surface area contributed by atoms with Gasteiger partial charge in [0, 0.05) is 33.2 Å². The average molecular weight is 337 g/mol. The number of carboxylic acids is 1. The normalized spacial score (nSPS) is 20.0. The van der Waals surface area contributed by atoms with E-state index in [4.69, 9.17) is 0 Å². The minimum absolute atomic E-state index is 0.225. The Morgan fingerprint density at radius 1 is 1.42 bits per heavy atom. The molecule has 0 radical (unpaired) electrons. The lowest BCUT2D eigenvalue weighted by molar-refractivity contribution is -0.146. The van der Waals surface area contributed by atoms with Crippen LogP contribution in [0.25, 0.3) is 0 Å². The Kier molecular flexibility index (Phi) is 5.64. The number of carbonyl (C=O) groups excluding carboxylic acids is 1. The number of anilines is 1. The van der Waals surface area contributed by atoms with E-state index in [0.717, 1.165) is 0 Å². The summed E-state index contributed by atoms with van der Waals surface area (Å²) in [6, 6.07) is 6.32. The van der Waals surface area contributed by atoms with Crippen molar-refractivity contribution in [2.75, 3.05) is 38.1 Å². The van der Waals surface area contributed by atoms with E-state index in [9.17, 15) is 19.1 Å². The van der Waals surface area contributed by atoms with Crippen LogP contribution in [-0.2, 0) is 4.79 Å². The summed E-state index contributed by atoms with van der Waals surface area (Å²) in [5.41, 5.74) is -0.330. The molecule has 1 unspecified atom stereocenters. The highest BCUT2D eigenvalue weighted by Gasteiger charge is 2.42. The lowest BCUT2D eigenvalue weighted by Gasteiger charge is -2.22. The summed E-state index contributed by atoms with van der Waals surface area (Å²) in [5.74, 6) is -1.14. The van der Waals surface area contributed by atoms with Crippen molar-refractivity contribution in [1.82, 2.24) is 10.2 Å². The van der Waals surface area contributed by atoms with Crippen LogP contribution in [0.15, 0.2) is 24.3 Å². The summed E-state index contributed by atoms with van der Waals surface area (Å²) < 4.78 is 13.7. The predicted octanol–water partition coefficient (Wildman–Crippen LogP) is 2.16. The molecule has 0 aliphatic carbocycles. The van der Waals surface area contributed by atoms with Crippen molar-refractivity contribution >= 4 is 17.7 Å². The molecule has 2 rings (SSSR count). The van der Waals surface area contributed by atoms with Crippen molar-refractivity contribution in [3.8, 4) is 0 Å². The molecule has 7 heteroatoms. The van der Waals surface area contributed by atoms with Gasteiger partial charge in [0.1, 0.15) is 5.82 Å². The van der Waals surface area contributed by atoms with Crippen LogP contribution in [0.5, 0.6) is 0 Å². The van der Waals surface area contributed by atoms with Gasteiger partial charge >= 0.3 is 12.0 Å². The third kappa shape index (κ3) is 4.15. The van der Waals surface area contributed by atoms with Crippen LogP contribution >= 0.6 is 0 Å². The molecule has 1 aliphatic rings. The number of urea groups is 1. The maximum absolute atomic E-state index is 13.7. The summed E-state index contributed by atoms with van der Waals surface area (Å²) in [5, 5.41) is 12.0. The molecule has 2 amide bonds. The molecule has 1 aliphatic heterocycles. The Bertz CT molecular complexity index is 610. The van der Waals surface area contributed by atoms with Crippen molar-refractivity contribution in [3.63, 3.8) is 0 Å². The topological polar surface area (TPSA) is 72.9 Å². The zero-order valence-electron chi connectivity index (χ0n) is 14.1. The molecule has 0 spiro atoms. The van der Waals surface area contributed by atoms with Gasteiger partial charge in [0.25, 0.3) is 0 Å². The zero-order chi connectivity index (χ0) is 17.7. The van der Waals surface area contributed by atoms with Crippen LogP contribution in [0.3, 0.4) is 0 Å². The number of amides is 2. The summed E-state index contributed by atoms with van der Waals surface area (Å²) in [6.07, 6.45) is 1.13. The maximum Gasteiger partial charge on any atom is 0.317 e. The Labute approximate surface area is 141 Å². The van der Waals surface area contributed by atoms with Crippen molar-refractivity contribution in [1.29, 1.82) is 0 Å². The molecule has 0 saturated carbocycles. The standard InChI is InChI=1S/C17H24FN3O3/c1-17(15(22)23)8-11-21(12-17)16(24)19-9-5-10-20(2)14-7-4-3-6-13(14)18/h3-4,6-7H,5,8-12H2,1-2H3,(H,19,24)(H,22,23). The van der Waals surface area contributed by atoms with Crippen molar-refractivity contribution in [2.45, 2.75) is 19.8 Å². The average Bonchev–Trinajstić information content (AvgIpc) is 2.95. The van der Waals surface area contributed by atoms with E-state index in [1.807, 2.05) is 0 Å². The highest BCUT2D eigenvalue weighted by Crippen LogP contribution is 2.29. The minimum Gasteiger partial charge on any atom is -0.481 e. The van der Waals surface area contributed by atoms with E-state index in [1.54, 1.807) is 37.1 Å². The van der Waals surface area contributed by atoms with Gasteiger partial charge in [-0.3, -0.25) is 4.79 Å². The minimum atomic E-state index is -0.871. The fourth-order valence-corrected chi connectivity index (χ4v) is 2.81. The van der Waals surface area contributed by atoms with E-state index in [2.05, 4.69) is 5.32 Å². The van der Waals surface area contributed by atoms with Crippen LogP contribution in [0.1, 0.15) is 19.8 Å². The number of para-hydroxylation sites is 1. The number of rotatable bonds is 6. The number of carbonyl (C=O) groups is 2. The lowest BCUT2D eigenvalue weighted by atomic mass is 9.90. The van der Waals surface area contributed by atoms with Crippen LogP contribution < -0.4 is 10.2 Å². The fraction of sp³-hybridized carbons (Fsp3) is 0.529. The molecule has 0 bridgehead atoms. The van der Waals surface area contributed by atoms with Crippen molar-refractivity contribution in [2.24, 2.45) is 5.41 Å². The predicted molar refractivity (Wildman–Crippen MR) is 89.6 cm³/mol. The van der Waals surface area contributed by atoms with Gasteiger partial charge in [0.15, 0.2) is 0 Å². The lowest BCUT2D eigenvalue weighted by Crippen LogP contribution is -2.41. The Balaban J connectivity index is 1.72. The molecule has 132 valence electrons. The first-order valence-corrected chi connectivity index (χ1v) is 8.05. The number of aliphatic carboxylic acids is 1. The van der Waals surface area contributed by atoms with E-state index in [1.165, 1.54) is 11.0 Å². The van der Waals surface area contributed by atoms with Gasteiger partial charge in [-0.25, -0.2) is 9.18 Å². The summed E-state index contributed by atoms with van der Waals surface area (Å²) in [7, 11) is 1.80. The fourth-order valence-electron chi connectivity index (χ4n) is 2.81. The quantitative estimate of drug-likeness (QED) is 0.780. The Morgan fingerprint density at radius 2 is 2.12 bits per heavy atom. The first kappa shape index (κ1) is 18.0. The van der Waals surface area contributed by atoms with Gasteiger partial charge in [0.2, 0.25) is 0 Å².